The highest BCUT2D eigenvalue weighted by Crippen LogP contribution is 2.29. The number of hydrogen-bond donors (Lipinski definition) is 1. The Kier molecular flexibility index (Phi) is 7.72. The van der Waals surface area contributed by atoms with Gasteiger partial charge in [0.2, 0.25) is 0 Å². The average molecular weight is 401 g/mol. The molecule has 0 aromatic heterocycles. The van der Waals surface area contributed by atoms with Crippen molar-refractivity contribution in [1.29, 1.82) is 0 Å². The maximum atomic E-state index is 12.2. The number of rotatable bonds is 9. The van der Waals surface area contributed by atoms with Gasteiger partial charge in [0.1, 0.15) is 6.54 Å². The SMILES string of the molecule is CCCN(CC1CC1)C(=O)COC(=O)CNC(=O)c1ccc(Cl)c(Cl)c1. The fraction of sp³-hybridized carbons (Fsp3) is 0.500. The molecule has 26 heavy (non-hydrogen) atoms. The Morgan fingerprint density at radius 2 is 1.96 bits per heavy atom. The van der Waals surface area contributed by atoms with Gasteiger partial charge in [0.15, 0.2) is 6.61 Å². The van der Waals surface area contributed by atoms with Crippen LogP contribution in [0.2, 0.25) is 10.0 Å². The van der Waals surface area contributed by atoms with Gasteiger partial charge in [0, 0.05) is 18.7 Å². The van der Waals surface area contributed by atoms with Crippen LogP contribution in [-0.2, 0) is 14.3 Å². The monoisotopic (exact) mass is 400 g/mol. The van der Waals surface area contributed by atoms with Gasteiger partial charge in [-0.25, -0.2) is 0 Å². The molecule has 8 heteroatoms. The number of nitrogens with zero attached hydrogens (tertiary/aromatic N) is 1. The van der Waals surface area contributed by atoms with Crippen molar-refractivity contribution in [2.24, 2.45) is 5.92 Å². The van der Waals surface area contributed by atoms with E-state index in [-0.39, 0.29) is 29.6 Å². The van der Waals surface area contributed by atoms with Crippen LogP contribution in [0.4, 0.5) is 0 Å². The summed E-state index contributed by atoms with van der Waals surface area (Å²) in [6, 6.07) is 4.41. The summed E-state index contributed by atoms with van der Waals surface area (Å²) in [4.78, 5) is 37.6. The first-order chi connectivity index (χ1) is 12.4. The molecule has 1 saturated carbocycles. The molecular formula is C18H22Cl2N2O4. The fourth-order valence-corrected chi connectivity index (χ4v) is 2.67. The Balaban J connectivity index is 1.74. The Hall–Kier alpha value is -1.79. The minimum absolute atomic E-state index is 0.206. The van der Waals surface area contributed by atoms with Crippen molar-refractivity contribution in [3.05, 3.63) is 33.8 Å². The molecule has 2 amide bonds. The topological polar surface area (TPSA) is 75.7 Å². The molecule has 1 fully saturated rings. The van der Waals surface area contributed by atoms with Gasteiger partial charge >= 0.3 is 5.97 Å². The van der Waals surface area contributed by atoms with Crippen molar-refractivity contribution in [1.82, 2.24) is 10.2 Å². The van der Waals surface area contributed by atoms with E-state index in [0.717, 1.165) is 25.8 Å². The van der Waals surface area contributed by atoms with Crippen LogP contribution in [0.5, 0.6) is 0 Å². The van der Waals surface area contributed by atoms with Gasteiger partial charge in [-0.05, 0) is 43.4 Å². The number of halogens is 2. The molecule has 0 radical (unpaired) electrons. The molecule has 0 bridgehead atoms. The standard InChI is InChI=1S/C18H22Cl2N2O4/c1-2-7-22(10-12-3-4-12)16(23)11-26-17(24)9-21-18(25)13-5-6-14(19)15(20)8-13/h5-6,8,12H,2-4,7,9-11H2,1H3,(H,21,25). The maximum Gasteiger partial charge on any atom is 0.325 e. The molecule has 1 N–H and O–H groups in total. The molecule has 0 spiro atoms. The Labute approximate surface area is 162 Å². The van der Waals surface area contributed by atoms with Gasteiger partial charge in [-0.15, -0.1) is 0 Å². The molecule has 1 aliphatic rings. The quantitative estimate of drug-likeness (QED) is 0.646. The number of benzene rings is 1. The summed E-state index contributed by atoms with van der Waals surface area (Å²) in [5, 5.41) is 3.01. The molecule has 1 aromatic carbocycles. The van der Waals surface area contributed by atoms with Crippen LogP contribution in [0, 0.1) is 5.92 Å². The number of carbonyl (C=O) groups excluding carboxylic acids is 3. The summed E-state index contributed by atoms with van der Waals surface area (Å²) in [6.07, 6.45) is 3.15. The zero-order chi connectivity index (χ0) is 19.1. The molecule has 0 heterocycles. The molecule has 1 aromatic rings. The van der Waals surface area contributed by atoms with E-state index in [4.69, 9.17) is 27.9 Å². The minimum Gasteiger partial charge on any atom is -0.454 e. The third-order valence-corrected chi connectivity index (χ3v) is 4.69. The predicted molar refractivity (Wildman–Crippen MR) is 99.3 cm³/mol. The molecule has 1 aliphatic carbocycles. The van der Waals surface area contributed by atoms with Crippen LogP contribution in [0.1, 0.15) is 36.5 Å². The summed E-state index contributed by atoms with van der Waals surface area (Å²) < 4.78 is 4.97. The Bertz CT molecular complexity index is 677. The highest BCUT2D eigenvalue weighted by molar-refractivity contribution is 6.42. The van der Waals surface area contributed by atoms with E-state index in [1.807, 2.05) is 6.92 Å². The van der Waals surface area contributed by atoms with Gasteiger partial charge in [-0.2, -0.15) is 0 Å². The molecule has 0 aliphatic heterocycles. The normalized spacial score (nSPS) is 13.2. The molecule has 6 nitrogen and oxygen atoms in total. The van der Waals surface area contributed by atoms with E-state index in [1.165, 1.54) is 18.2 Å². The van der Waals surface area contributed by atoms with Crippen molar-refractivity contribution < 1.29 is 19.1 Å². The van der Waals surface area contributed by atoms with Crippen LogP contribution in [0.3, 0.4) is 0 Å². The number of ether oxygens (including phenoxy) is 1. The van der Waals surface area contributed by atoms with Crippen molar-refractivity contribution in [3.8, 4) is 0 Å². The molecule has 0 atom stereocenters. The third-order valence-electron chi connectivity index (χ3n) is 3.95. The first-order valence-electron chi connectivity index (χ1n) is 8.57. The molecular weight excluding hydrogens is 379 g/mol. The highest BCUT2D eigenvalue weighted by atomic mass is 35.5. The van der Waals surface area contributed by atoms with Crippen molar-refractivity contribution in [3.63, 3.8) is 0 Å². The van der Waals surface area contributed by atoms with Gasteiger partial charge in [-0.3, -0.25) is 14.4 Å². The van der Waals surface area contributed by atoms with Gasteiger partial charge < -0.3 is 15.0 Å². The lowest BCUT2D eigenvalue weighted by atomic mass is 10.2. The van der Waals surface area contributed by atoms with Gasteiger partial charge in [0.25, 0.3) is 11.8 Å². The fourth-order valence-electron chi connectivity index (χ4n) is 2.38. The number of nitrogens with one attached hydrogen (secondary N) is 1. The average Bonchev–Trinajstić information content (AvgIpc) is 3.43. The summed E-state index contributed by atoms with van der Waals surface area (Å²) in [6.45, 7) is 2.73. The molecule has 0 unspecified atom stereocenters. The molecule has 0 saturated heterocycles. The smallest absolute Gasteiger partial charge is 0.325 e. The number of carbonyl (C=O) groups is 3. The van der Waals surface area contributed by atoms with Crippen LogP contribution < -0.4 is 5.32 Å². The summed E-state index contributed by atoms with van der Waals surface area (Å²) in [5.41, 5.74) is 0.279. The van der Waals surface area contributed by atoms with E-state index in [2.05, 4.69) is 5.32 Å². The predicted octanol–water partition coefficient (Wildman–Crippen LogP) is 2.92. The molecule has 2 rings (SSSR count). The van der Waals surface area contributed by atoms with E-state index in [1.54, 1.807) is 4.90 Å². The van der Waals surface area contributed by atoms with Crippen molar-refractivity contribution in [2.75, 3.05) is 26.2 Å². The second-order valence-corrected chi connectivity index (χ2v) is 7.07. The zero-order valence-electron chi connectivity index (χ0n) is 14.6. The highest BCUT2D eigenvalue weighted by Gasteiger charge is 2.26. The van der Waals surface area contributed by atoms with Crippen molar-refractivity contribution >= 4 is 41.0 Å². The van der Waals surface area contributed by atoms with Crippen molar-refractivity contribution in [2.45, 2.75) is 26.2 Å². The van der Waals surface area contributed by atoms with E-state index in [0.29, 0.717) is 17.5 Å². The second kappa shape index (κ2) is 9.78. The summed E-state index contributed by atoms with van der Waals surface area (Å²) in [7, 11) is 0. The van der Waals surface area contributed by atoms with Crippen LogP contribution in [0.25, 0.3) is 0 Å². The Morgan fingerprint density at radius 1 is 1.23 bits per heavy atom. The van der Waals surface area contributed by atoms with E-state index < -0.39 is 11.9 Å². The third kappa shape index (κ3) is 6.50. The lowest BCUT2D eigenvalue weighted by Gasteiger charge is -2.21. The van der Waals surface area contributed by atoms with Crippen LogP contribution >= 0.6 is 23.2 Å². The number of amides is 2. The first-order valence-corrected chi connectivity index (χ1v) is 9.33. The number of hydrogen-bond acceptors (Lipinski definition) is 4. The van der Waals surface area contributed by atoms with Crippen LogP contribution in [0.15, 0.2) is 18.2 Å². The first kappa shape index (κ1) is 20.5. The maximum absolute atomic E-state index is 12.2. The lowest BCUT2D eigenvalue weighted by molar-refractivity contribution is -0.151. The second-order valence-electron chi connectivity index (χ2n) is 6.26. The van der Waals surface area contributed by atoms with Crippen LogP contribution in [-0.4, -0.2) is 48.9 Å². The van der Waals surface area contributed by atoms with E-state index >= 15 is 0 Å². The van der Waals surface area contributed by atoms with Gasteiger partial charge in [0.05, 0.1) is 10.0 Å². The summed E-state index contributed by atoms with van der Waals surface area (Å²) in [5.74, 6) is -0.780. The molecule has 142 valence electrons. The zero-order valence-corrected chi connectivity index (χ0v) is 16.1. The van der Waals surface area contributed by atoms with Gasteiger partial charge in [-0.1, -0.05) is 30.1 Å². The minimum atomic E-state index is -0.672. The summed E-state index contributed by atoms with van der Waals surface area (Å²) >= 11 is 11.6. The Morgan fingerprint density at radius 3 is 2.58 bits per heavy atom. The lowest BCUT2D eigenvalue weighted by Crippen LogP contribution is -2.38. The number of esters is 1. The largest absolute Gasteiger partial charge is 0.454 e. The van der Waals surface area contributed by atoms with E-state index in [9.17, 15) is 14.4 Å².